The third-order valence-electron chi connectivity index (χ3n) is 2.27. The normalized spacial score (nSPS) is 14.5. The number of rotatable bonds is 1. The summed E-state index contributed by atoms with van der Waals surface area (Å²) < 4.78 is 0. The molecule has 0 aliphatic carbocycles. The SMILES string of the molecule is O=[N+]([O-])c1cccc2c1CCCN2. The smallest absolute Gasteiger partial charge is 0.274 e. The molecule has 0 spiro atoms. The zero-order valence-corrected chi connectivity index (χ0v) is 7.12. The first-order valence-electron chi connectivity index (χ1n) is 4.29. The van der Waals surface area contributed by atoms with Crippen molar-refractivity contribution in [2.24, 2.45) is 0 Å². The van der Waals surface area contributed by atoms with Crippen LogP contribution in [0.15, 0.2) is 18.2 Å². The van der Waals surface area contributed by atoms with Crippen molar-refractivity contribution in [3.8, 4) is 0 Å². The average molecular weight is 178 g/mol. The molecule has 13 heavy (non-hydrogen) atoms. The van der Waals surface area contributed by atoms with Crippen LogP contribution in [0.25, 0.3) is 0 Å². The molecule has 0 amide bonds. The average Bonchev–Trinajstić information content (AvgIpc) is 2.17. The topological polar surface area (TPSA) is 55.2 Å². The van der Waals surface area contributed by atoms with Gasteiger partial charge in [-0.2, -0.15) is 0 Å². The summed E-state index contributed by atoms with van der Waals surface area (Å²) in [5.74, 6) is 0. The number of nitrogens with zero attached hydrogens (tertiary/aromatic N) is 1. The minimum Gasteiger partial charge on any atom is -0.385 e. The van der Waals surface area contributed by atoms with Gasteiger partial charge in [-0.15, -0.1) is 0 Å². The van der Waals surface area contributed by atoms with E-state index in [1.807, 2.05) is 6.07 Å². The molecule has 0 aromatic heterocycles. The molecule has 0 unspecified atom stereocenters. The lowest BCUT2D eigenvalue weighted by Gasteiger charge is -2.16. The lowest BCUT2D eigenvalue weighted by atomic mass is 10.0. The van der Waals surface area contributed by atoms with Crippen LogP contribution in [0.4, 0.5) is 11.4 Å². The summed E-state index contributed by atoms with van der Waals surface area (Å²) in [5.41, 5.74) is 2.00. The first-order valence-corrected chi connectivity index (χ1v) is 4.29. The van der Waals surface area contributed by atoms with Gasteiger partial charge in [-0.05, 0) is 18.9 Å². The highest BCUT2D eigenvalue weighted by Gasteiger charge is 2.18. The fourth-order valence-corrected chi connectivity index (χ4v) is 1.66. The van der Waals surface area contributed by atoms with Crippen molar-refractivity contribution in [3.63, 3.8) is 0 Å². The summed E-state index contributed by atoms with van der Waals surface area (Å²) in [6.07, 6.45) is 1.78. The lowest BCUT2D eigenvalue weighted by molar-refractivity contribution is -0.385. The van der Waals surface area contributed by atoms with Gasteiger partial charge in [-0.25, -0.2) is 0 Å². The highest BCUT2D eigenvalue weighted by Crippen LogP contribution is 2.29. The van der Waals surface area contributed by atoms with Crippen molar-refractivity contribution in [3.05, 3.63) is 33.9 Å². The third kappa shape index (κ3) is 1.35. The third-order valence-corrected chi connectivity index (χ3v) is 2.27. The Morgan fingerprint density at radius 1 is 1.46 bits per heavy atom. The zero-order valence-electron chi connectivity index (χ0n) is 7.12. The number of nitro benzene ring substituents is 1. The van der Waals surface area contributed by atoms with E-state index >= 15 is 0 Å². The number of anilines is 1. The summed E-state index contributed by atoms with van der Waals surface area (Å²) in [5, 5.41) is 13.8. The van der Waals surface area contributed by atoms with Gasteiger partial charge in [-0.1, -0.05) is 6.07 Å². The van der Waals surface area contributed by atoms with Gasteiger partial charge in [0.25, 0.3) is 5.69 Å². The summed E-state index contributed by atoms with van der Waals surface area (Å²) in [6, 6.07) is 5.17. The Morgan fingerprint density at radius 3 is 3.08 bits per heavy atom. The van der Waals surface area contributed by atoms with Crippen molar-refractivity contribution in [1.82, 2.24) is 0 Å². The molecule has 0 fully saturated rings. The van der Waals surface area contributed by atoms with Crippen LogP contribution >= 0.6 is 0 Å². The van der Waals surface area contributed by atoms with E-state index in [0.717, 1.165) is 30.6 Å². The van der Waals surface area contributed by atoms with E-state index in [1.165, 1.54) is 0 Å². The molecule has 0 atom stereocenters. The number of fused-ring (bicyclic) bond motifs is 1. The van der Waals surface area contributed by atoms with Crippen molar-refractivity contribution in [2.45, 2.75) is 12.8 Å². The highest BCUT2D eigenvalue weighted by molar-refractivity contribution is 5.61. The second-order valence-corrected chi connectivity index (χ2v) is 3.09. The van der Waals surface area contributed by atoms with Crippen LogP contribution in [0.1, 0.15) is 12.0 Å². The predicted molar refractivity (Wildman–Crippen MR) is 49.9 cm³/mol. The molecule has 0 radical (unpaired) electrons. The summed E-state index contributed by atoms with van der Waals surface area (Å²) in [4.78, 5) is 10.3. The van der Waals surface area contributed by atoms with Crippen LogP contribution in [0.5, 0.6) is 0 Å². The Bertz CT molecular complexity index is 349. The van der Waals surface area contributed by atoms with Gasteiger partial charge >= 0.3 is 0 Å². The molecule has 1 aliphatic heterocycles. The molecular formula is C9H10N2O2. The molecule has 1 aromatic carbocycles. The van der Waals surface area contributed by atoms with Gasteiger partial charge in [-0.3, -0.25) is 10.1 Å². The fourth-order valence-electron chi connectivity index (χ4n) is 1.66. The maximum atomic E-state index is 10.7. The minimum absolute atomic E-state index is 0.240. The number of nitrogens with one attached hydrogen (secondary N) is 1. The van der Waals surface area contributed by atoms with Crippen molar-refractivity contribution >= 4 is 11.4 Å². The summed E-state index contributed by atoms with van der Waals surface area (Å²) in [6.45, 7) is 0.911. The largest absolute Gasteiger partial charge is 0.385 e. The molecule has 1 aliphatic rings. The van der Waals surface area contributed by atoms with Crippen LogP contribution in [0.3, 0.4) is 0 Å². The van der Waals surface area contributed by atoms with E-state index in [2.05, 4.69) is 5.32 Å². The number of benzene rings is 1. The quantitative estimate of drug-likeness (QED) is 0.528. The molecule has 1 N–H and O–H groups in total. The second-order valence-electron chi connectivity index (χ2n) is 3.09. The standard InChI is InChI=1S/C9H10N2O2/c12-11(13)9-5-1-4-8-7(9)3-2-6-10-8/h1,4-5,10H,2-3,6H2. The molecule has 0 bridgehead atoms. The number of nitro groups is 1. The van der Waals surface area contributed by atoms with Crippen LogP contribution in [-0.4, -0.2) is 11.5 Å². The number of hydrogen-bond acceptors (Lipinski definition) is 3. The van der Waals surface area contributed by atoms with Crippen molar-refractivity contribution in [2.75, 3.05) is 11.9 Å². The van der Waals surface area contributed by atoms with Crippen molar-refractivity contribution < 1.29 is 4.92 Å². The molecule has 1 heterocycles. The molecule has 68 valence electrons. The Morgan fingerprint density at radius 2 is 2.31 bits per heavy atom. The van der Waals surface area contributed by atoms with E-state index in [9.17, 15) is 10.1 Å². The first-order chi connectivity index (χ1) is 6.29. The van der Waals surface area contributed by atoms with E-state index in [0.29, 0.717) is 0 Å². The first kappa shape index (κ1) is 8.04. The van der Waals surface area contributed by atoms with Crippen LogP contribution in [-0.2, 0) is 6.42 Å². The maximum Gasteiger partial charge on any atom is 0.274 e. The zero-order chi connectivity index (χ0) is 9.26. The predicted octanol–water partition coefficient (Wildman–Crippen LogP) is 1.95. The van der Waals surface area contributed by atoms with Crippen LogP contribution in [0.2, 0.25) is 0 Å². The minimum atomic E-state index is -0.314. The second kappa shape index (κ2) is 3.05. The van der Waals surface area contributed by atoms with Crippen molar-refractivity contribution in [1.29, 1.82) is 0 Å². The van der Waals surface area contributed by atoms with Gasteiger partial charge in [0.05, 0.1) is 10.5 Å². The van der Waals surface area contributed by atoms with Gasteiger partial charge < -0.3 is 5.32 Å². The number of hydrogen-bond donors (Lipinski definition) is 1. The van der Waals surface area contributed by atoms with E-state index < -0.39 is 0 Å². The van der Waals surface area contributed by atoms with Gasteiger partial charge in [0.15, 0.2) is 0 Å². The molecule has 4 nitrogen and oxygen atoms in total. The summed E-state index contributed by atoms with van der Waals surface area (Å²) in [7, 11) is 0. The molecule has 4 heteroatoms. The summed E-state index contributed by atoms with van der Waals surface area (Å²) >= 11 is 0. The molecule has 0 saturated heterocycles. The van der Waals surface area contributed by atoms with Gasteiger partial charge in [0.2, 0.25) is 0 Å². The van der Waals surface area contributed by atoms with Gasteiger partial charge in [0.1, 0.15) is 0 Å². The maximum absolute atomic E-state index is 10.7. The van der Waals surface area contributed by atoms with Gasteiger partial charge in [0, 0.05) is 18.3 Å². The lowest BCUT2D eigenvalue weighted by Crippen LogP contribution is -2.12. The molecular weight excluding hydrogens is 168 g/mol. The Balaban J connectivity index is 2.52. The Hall–Kier alpha value is -1.58. The highest BCUT2D eigenvalue weighted by atomic mass is 16.6. The van der Waals surface area contributed by atoms with E-state index in [-0.39, 0.29) is 10.6 Å². The molecule has 2 rings (SSSR count). The Kier molecular flexibility index (Phi) is 1.88. The van der Waals surface area contributed by atoms with Crippen LogP contribution in [0, 0.1) is 10.1 Å². The van der Waals surface area contributed by atoms with Crippen LogP contribution < -0.4 is 5.32 Å². The van der Waals surface area contributed by atoms with E-state index in [4.69, 9.17) is 0 Å². The Labute approximate surface area is 75.7 Å². The molecule has 1 aromatic rings. The monoisotopic (exact) mass is 178 g/mol. The fraction of sp³-hybridized carbons (Fsp3) is 0.333. The molecule has 0 saturated carbocycles. The van der Waals surface area contributed by atoms with E-state index in [1.54, 1.807) is 12.1 Å².